The highest BCUT2D eigenvalue weighted by molar-refractivity contribution is 6.21. The molecule has 0 radical (unpaired) electrons. The minimum atomic E-state index is -0.240. The van der Waals surface area contributed by atoms with Gasteiger partial charge in [-0.15, -0.1) is 11.6 Å². The van der Waals surface area contributed by atoms with Crippen LogP contribution in [-0.2, 0) is 6.42 Å². The Hall–Kier alpha value is -0.630. The van der Waals surface area contributed by atoms with Gasteiger partial charge in [0.1, 0.15) is 5.82 Å². The van der Waals surface area contributed by atoms with Crippen molar-refractivity contribution in [3.05, 3.63) is 29.8 Å². The summed E-state index contributed by atoms with van der Waals surface area (Å²) in [6, 6.07) is 1.71. The predicted octanol–water partition coefficient (Wildman–Crippen LogP) is 3.81. The molecule has 0 saturated heterocycles. The molecule has 1 unspecified atom stereocenters. The van der Waals surface area contributed by atoms with Crippen molar-refractivity contribution in [2.45, 2.75) is 39.0 Å². The van der Waals surface area contributed by atoms with E-state index >= 15 is 0 Å². The van der Waals surface area contributed by atoms with Gasteiger partial charge in [-0.1, -0.05) is 20.8 Å². The maximum atomic E-state index is 13.2. The second-order valence-corrected chi connectivity index (χ2v) is 5.37. The summed E-state index contributed by atoms with van der Waals surface area (Å²) in [5.41, 5.74) is 0.755. The van der Waals surface area contributed by atoms with E-state index in [4.69, 9.17) is 11.6 Å². The zero-order chi connectivity index (χ0) is 11.5. The predicted molar refractivity (Wildman–Crippen MR) is 61.6 cm³/mol. The largest absolute Gasteiger partial charge is 0.262 e. The van der Waals surface area contributed by atoms with E-state index in [0.717, 1.165) is 6.42 Å². The molecule has 0 aliphatic carbocycles. The quantitative estimate of drug-likeness (QED) is 0.719. The first-order chi connectivity index (χ1) is 6.91. The Kier molecular flexibility index (Phi) is 4.09. The third kappa shape index (κ3) is 3.78. The molecule has 0 fully saturated rings. The Morgan fingerprint density at radius 2 is 2.13 bits per heavy atom. The van der Waals surface area contributed by atoms with Gasteiger partial charge in [-0.2, -0.15) is 0 Å². The first-order valence-electron chi connectivity index (χ1n) is 5.13. The van der Waals surface area contributed by atoms with Crippen molar-refractivity contribution in [1.82, 2.24) is 4.98 Å². The molecular formula is C12H17ClFN. The molecule has 1 aromatic heterocycles. The fraction of sp³-hybridized carbons (Fsp3) is 0.583. The topological polar surface area (TPSA) is 12.9 Å². The van der Waals surface area contributed by atoms with Gasteiger partial charge in [0.25, 0.3) is 0 Å². The maximum absolute atomic E-state index is 13.2. The molecule has 0 bridgehead atoms. The van der Waals surface area contributed by atoms with E-state index in [1.54, 1.807) is 12.3 Å². The van der Waals surface area contributed by atoms with E-state index in [1.807, 2.05) is 0 Å². The summed E-state index contributed by atoms with van der Waals surface area (Å²) in [7, 11) is 0. The van der Waals surface area contributed by atoms with Gasteiger partial charge in [-0.3, -0.25) is 4.98 Å². The van der Waals surface area contributed by atoms with Crippen LogP contribution in [0.1, 0.15) is 32.8 Å². The van der Waals surface area contributed by atoms with Crippen LogP contribution in [0.3, 0.4) is 0 Å². The SMILES string of the molecule is CC(C)(C)C(Cl)CCc1ccncc1F. The molecule has 3 heteroatoms. The highest BCUT2D eigenvalue weighted by Gasteiger charge is 2.22. The Bertz CT molecular complexity index is 320. The minimum Gasteiger partial charge on any atom is -0.262 e. The number of pyridine rings is 1. The zero-order valence-corrected chi connectivity index (χ0v) is 10.2. The van der Waals surface area contributed by atoms with Crippen LogP contribution in [-0.4, -0.2) is 10.4 Å². The van der Waals surface area contributed by atoms with Crippen LogP contribution in [0, 0.1) is 11.2 Å². The first-order valence-corrected chi connectivity index (χ1v) is 5.57. The first kappa shape index (κ1) is 12.4. The van der Waals surface area contributed by atoms with Crippen molar-refractivity contribution in [3.63, 3.8) is 0 Å². The summed E-state index contributed by atoms with van der Waals surface area (Å²) in [6.45, 7) is 6.27. The molecule has 0 saturated carbocycles. The number of aryl methyl sites for hydroxylation is 1. The molecule has 0 aliphatic rings. The number of alkyl halides is 1. The summed E-state index contributed by atoms with van der Waals surface area (Å²) in [4.78, 5) is 3.71. The van der Waals surface area contributed by atoms with Crippen LogP contribution >= 0.6 is 11.6 Å². The van der Waals surface area contributed by atoms with Gasteiger partial charge < -0.3 is 0 Å². The zero-order valence-electron chi connectivity index (χ0n) is 9.43. The molecule has 1 atom stereocenters. The molecule has 1 aromatic rings. The molecule has 1 heterocycles. The van der Waals surface area contributed by atoms with Gasteiger partial charge in [0.15, 0.2) is 0 Å². The molecule has 1 rings (SSSR count). The highest BCUT2D eigenvalue weighted by Crippen LogP contribution is 2.28. The lowest BCUT2D eigenvalue weighted by Crippen LogP contribution is -2.21. The second kappa shape index (κ2) is 4.93. The third-order valence-corrected chi connectivity index (χ3v) is 3.34. The van der Waals surface area contributed by atoms with Crippen LogP contribution < -0.4 is 0 Å². The molecule has 0 amide bonds. The number of nitrogens with zero attached hydrogens (tertiary/aromatic N) is 1. The number of rotatable bonds is 3. The smallest absolute Gasteiger partial charge is 0.144 e. The molecule has 0 aliphatic heterocycles. The summed E-state index contributed by atoms with van der Waals surface area (Å²) in [6.07, 6.45) is 4.31. The van der Waals surface area contributed by atoms with Crippen molar-refractivity contribution in [2.75, 3.05) is 0 Å². The van der Waals surface area contributed by atoms with Crippen molar-refractivity contribution >= 4 is 11.6 Å². The fourth-order valence-electron chi connectivity index (χ4n) is 1.32. The number of hydrogen-bond acceptors (Lipinski definition) is 1. The third-order valence-electron chi connectivity index (χ3n) is 2.46. The maximum Gasteiger partial charge on any atom is 0.144 e. The van der Waals surface area contributed by atoms with E-state index in [1.165, 1.54) is 6.20 Å². The van der Waals surface area contributed by atoms with Crippen molar-refractivity contribution in [2.24, 2.45) is 5.41 Å². The summed E-state index contributed by atoms with van der Waals surface area (Å²) >= 11 is 6.22. The Morgan fingerprint density at radius 3 is 2.67 bits per heavy atom. The van der Waals surface area contributed by atoms with Gasteiger partial charge in [-0.25, -0.2) is 4.39 Å². The van der Waals surface area contributed by atoms with Gasteiger partial charge in [0.05, 0.1) is 6.20 Å². The lowest BCUT2D eigenvalue weighted by Gasteiger charge is -2.25. The van der Waals surface area contributed by atoms with E-state index in [-0.39, 0.29) is 16.6 Å². The molecule has 84 valence electrons. The van der Waals surface area contributed by atoms with Crippen LogP contribution in [0.5, 0.6) is 0 Å². The average molecular weight is 230 g/mol. The summed E-state index contributed by atoms with van der Waals surface area (Å²) in [5.74, 6) is -0.240. The Morgan fingerprint density at radius 1 is 1.47 bits per heavy atom. The van der Waals surface area contributed by atoms with Crippen LogP contribution in [0.4, 0.5) is 4.39 Å². The number of aromatic nitrogens is 1. The van der Waals surface area contributed by atoms with Crippen molar-refractivity contribution in [3.8, 4) is 0 Å². The molecule has 0 aromatic carbocycles. The minimum absolute atomic E-state index is 0.0602. The van der Waals surface area contributed by atoms with Gasteiger partial charge in [0.2, 0.25) is 0 Å². The summed E-state index contributed by atoms with van der Waals surface area (Å²) < 4.78 is 13.2. The van der Waals surface area contributed by atoms with Crippen LogP contribution in [0.15, 0.2) is 18.5 Å². The van der Waals surface area contributed by atoms with Crippen molar-refractivity contribution in [1.29, 1.82) is 0 Å². The molecule has 0 N–H and O–H groups in total. The number of hydrogen-bond donors (Lipinski definition) is 0. The van der Waals surface area contributed by atoms with Gasteiger partial charge >= 0.3 is 0 Å². The van der Waals surface area contributed by atoms with Crippen molar-refractivity contribution < 1.29 is 4.39 Å². The standard InChI is InChI=1S/C12H17ClFN/c1-12(2,3)11(13)5-4-9-6-7-15-8-10(9)14/h6-8,11H,4-5H2,1-3H3. The molecule has 15 heavy (non-hydrogen) atoms. The van der Waals surface area contributed by atoms with E-state index in [9.17, 15) is 4.39 Å². The van der Waals surface area contributed by atoms with Crippen LogP contribution in [0.2, 0.25) is 0 Å². The highest BCUT2D eigenvalue weighted by atomic mass is 35.5. The Balaban J connectivity index is 2.55. The van der Waals surface area contributed by atoms with E-state index in [2.05, 4.69) is 25.8 Å². The van der Waals surface area contributed by atoms with Gasteiger partial charge in [0, 0.05) is 11.6 Å². The van der Waals surface area contributed by atoms with Gasteiger partial charge in [-0.05, 0) is 29.9 Å². The summed E-state index contributed by atoms with van der Waals surface area (Å²) in [5, 5.41) is 0.0602. The van der Waals surface area contributed by atoms with E-state index < -0.39 is 0 Å². The molecule has 0 spiro atoms. The normalized spacial score (nSPS) is 13.9. The monoisotopic (exact) mass is 229 g/mol. The lowest BCUT2D eigenvalue weighted by molar-refractivity contribution is 0.373. The molecular weight excluding hydrogens is 213 g/mol. The fourth-order valence-corrected chi connectivity index (χ4v) is 1.43. The second-order valence-electron chi connectivity index (χ2n) is 4.84. The average Bonchev–Trinajstić information content (AvgIpc) is 2.14. The number of halogens is 2. The Labute approximate surface area is 95.7 Å². The van der Waals surface area contributed by atoms with Crippen LogP contribution in [0.25, 0.3) is 0 Å². The van der Waals surface area contributed by atoms with E-state index in [0.29, 0.717) is 12.0 Å². The molecule has 1 nitrogen and oxygen atoms in total. The lowest BCUT2D eigenvalue weighted by atomic mass is 9.88.